The van der Waals surface area contributed by atoms with E-state index in [0.29, 0.717) is 6.42 Å². The molecule has 2 heteroatoms. The van der Waals surface area contributed by atoms with Crippen LogP contribution in [0.15, 0.2) is 0 Å². The smallest absolute Gasteiger partial charge is 0.124 e. The number of aliphatic hydroxyl groups excluding tert-OH is 1. The summed E-state index contributed by atoms with van der Waals surface area (Å²) in [5, 5.41) is 18.1. The minimum Gasteiger partial charge on any atom is -0.396 e. The van der Waals surface area contributed by atoms with Gasteiger partial charge in [0.05, 0.1) is 0 Å². The van der Waals surface area contributed by atoms with E-state index < -0.39 is 5.60 Å². The Balaban J connectivity index is 4.28. The Kier molecular flexibility index (Phi) is 3.76. The van der Waals surface area contributed by atoms with Crippen molar-refractivity contribution in [1.82, 2.24) is 0 Å². The Bertz CT molecular complexity index is 188. The Labute approximate surface area is 74.6 Å². The van der Waals surface area contributed by atoms with Gasteiger partial charge in [-0.15, -0.1) is 0 Å². The van der Waals surface area contributed by atoms with Gasteiger partial charge in [-0.25, -0.2) is 0 Å². The molecule has 0 aromatic carbocycles. The van der Waals surface area contributed by atoms with Gasteiger partial charge in [0.25, 0.3) is 0 Å². The van der Waals surface area contributed by atoms with Crippen LogP contribution in [0.4, 0.5) is 0 Å². The van der Waals surface area contributed by atoms with Gasteiger partial charge in [0.15, 0.2) is 0 Å². The second-order valence-corrected chi connectivity index (χ2v) is 4.25. The van der Waals surface area contributed by atoms with E-state index in [1.807, 2.05) is 20.8 Å². The SMILES string of the molecule is CC(C)(C)C#CC(C)(O)CCO. The Hall–Kier alpha value is -0.520. The molecule has 0 spiro atoms. The molecule has 0 aliphatic carbocycles. The predicted octanol–water partition coefficient (Wildman–Crippen LogP) is 1.17. The van der Waals surface area contributed by atoms with Crippen molar-refractivity contribution in [2.45, 2.75) is 39.7 Å². The number of aliphatic hydroxyl groups is 2. The van der Waals surface area contributed by atoms with Crippen molar-refractivity contribution in [1.29, 1.82) is 0 Å². The van der Waals surface area contributed by atoms with E-state index in [2.05, 4.69) is 11.8 Å². The fourth-order valence-electron chi connectivity index (χ4n) is 0.602. The topological polar surface area (TPSA) is 40.5 Å². The molecule has 12 heavy (non-hydrogen) atoms. The zero-order valence-electron chi connectivity index (χ0n) is 8.31. The molecule has 0 radical (unpaired) electrons. The fraction of sp³-hybridized carbons (Fsp3) is 0.800. The molecule has 0 bridgehead atoms. The summed E-state index contributed by atoms with van der Waals surface area (Å²) in [5.41, 5.74) is -1.15. The highest BCUT2D eigenvalue weighted by molar-refractivity contribution is 5.16. The second-order valence-electron chi connectivity index (χ2n) is 4.25. The molecule has 0 aliphatic rings. The van der Waals surface area contributed by atoms with Gasteiger partial charge in [-0.3, -0.25) is 0 Å². The summed E-state index contributed by atoms with van der Waals surface area (Å²) >= 11 is 0. The summed E-state index contributed by atoms with van der Waals surface area (Å²) in [6.45, 7) is 7.52. The van der Waals surface area contributed by atoms with Crippen LogP contribution in [0.5, 0.6) is 0 Å². The lowest BCUT2D eigenvalue weighted by Crippen LogP contribution is -2.23. The van der Waals surface area contributed by atoms with E-state index in [-0.39, 0.29) is 12.0 Å². The van der Waals surface area contributed by atoms with Crippen molar-refractivity contribution in [3.63, 3.8) is 0 Å². The maximum Gasteiger partial charge on any atom is 0.124 e. The van der Waals surface area contributed by atoms with Crippen molar-refractivity contribution in [3.05, 3.63) is 0 Å². The van der Waals surface area contributed by atoms with Crippen molar-refractivity contribution >= 4 is 0 Å². The van der Waals surface area contributed by atoms with E-state index in [1.165, 1.54) is 0 Å². The number of rotatable bonds is 2. The van der Waals surface area contributed by atoms with Gasteiger partial charge >= 0.3 is 0 Å². The van der Waals surface area contributed by atoms with Gasteiger partial charge in [-0.05, 0) is 27.7 Å². The lowest BCUT2D eigenvalue weighted by Gasteiger charge is -2.16. The third-order valence-electron chi connectivity index (χ3n) is 1.31. The third kappa shape index (κ3) is 6.21. The summed E-state index contributed by atoms with van der Waals surface area (Å²) in [5.74, 6) is 5.68. The highest BCUT2D eigenvalue weighted by atomic mass is 16.3. The molecular formula is C10H18O2. The molecule has 0 aromatic rings. The number of hydrogen-bond donors (Lipinski definition) is 2. The second kappa shape index (κ2) is 3.93. The van der Waals surface area contributed by atoms with Crippen LogP contribution < -0.4 is 0 Å². The van der Waals surface area contributed by atoms with Crippen molar-refractivity contribution in [3.8, 4) is 11.8 Å². The van der Waals surface area contributed by atoms with Crippen molar-refractivity contribution in [2.75, 3.05) is 6.61 Å². The first kappa shape index (κ1) is 11.5. The molecule has 0 aromatic heterocycles. The summed E-state index contributed by atoms with van der Waals surface area (Å²) < 4.78 is 0. The van der Waals surface area contributed by atoms with Crippen LogP contribution in [0.2, 0.25) is 0 Å². The van der Waals surface area contributed by atoms with E-state index in [1.54, 1.807) is 6.92 Å². The van der Waals surface area contributed by atoms with Crippen LogP contribution in [0.25, 0.3) is 0 Å². The molecule has 0 saturated heterocycles. The zero-order valence-corrected chi connectivity index (χ0v) is 8.31. The van der Waals surface area contributed by atoms with Crippen molar-refractivity contribution < 1.29 is 10.2 Å². The Morgan fingerprint density at radius 2 is 1.58 bits per heavy atom. The summed E-state index contributed by atoms with van der Waals surface area (Å²) in [4.78, 5) is 0. The van der Waals surface area contributed by atoms with Crippen LogP contribution in [0.3, 0.4) is 0 Å². The predicted molar refractivity (Wildman–Crippen MR) is 49.6 cm³/mol. The lowest BCUT2D eigenvalue weighted by atomic mass is 9.95. The van der Waals surface area contributed by atoms with Crippen LogP contribution in [-0.4, -0.2) is 22.4 Å². The molecule has 0 heterocycles. The number of hydrogen-bond acceptors (Lipinski definition) is 2. The minimum absolute atomic E-state index is 0.0359. The Morgan fingerprint density at radius 1 is 1.08 bits per heavy atom. The molecule has 0 rings (SSSR count). The van der Waals surface area contributed by atoms with Crippen LogP contribution in [0.1, 0.15) is 34.1 Å². The molecule has 1 atom stereocenters. The van der Waals surface area contributed by atoms with E-state index >= 15 is 0 Å². The van der Waals surface area contributed by atoms with Crippen molar-refractivity contribution in [2.24, 2.45) is 5.41 Å². The molecule has 0 amide bonds. The molecular weight excluding hydrogens is 152 g/mol. The zero-order chi connectivity index (χ0) is 9.83. The lowest BCUT2D eigenvalue weighted by molar-refractivity contribution is 0.0874. The van der Waals surface area contributed by atoms with Gasteiger partial charge in [0.2, 0.25) is 0 Å². The van der Waals surface area contributed by atoms with E-state index in [4.69, 9.17) is 5.11 Å². The van der Waals surface area contributed by atoms with Crippen LogP contribution >= 0.6 is 0 Å². The van der Waals surface area contributed by atoms with Crippen LogP contribution in [0, 0.1) is 17.3 Å². The molecule has 70 valence electrons. The van der Waals surface area contributed by atoms with Gasteiger partial charge in [0.1, 0.15) is 5.60 Å². The molecule has 2 N–H and O–H groups in total. The summed E-state index contributed by atoms with van der Waals surface area (Å²) in [6, 6.07) is 0. The molecule has 0 saturated carbocycles. The van der Waals surface area contributed by atoms with E-state index in [0.717, 1.165) is 0 Å². The first-order valence-electron chi connectivity index (χ1n) is 4.14. The third-order valence-corrected chi connectivity index (χ3v) is 1.31. The quantitative estimate of drug-likeness (QED) is 0.611. The first-order valence-corrected chi connectivity index (χ1v) is 4.14. The summed E-state index contributed by atoms with van der Waals surface area (Å²) in [7, 11) is 0. The molecule has 1 unspecified atom stereocenters. The van der Waals surface area contributed by atoms with Gasteiger partial charge in [-0.1, -0.05) is 11.8 Å². The average molecular weight is 170 g/mol. The molecule has 2 nitrogen and oxygen atoms in total. The van der Waals surface area contributed by atoms with Crippen LogP contribution in [-0.2, 0) is 0 Å². The normalized spacial score (nSPS) is 16.2. The molecule has 0 aliphatic heterocycles. The maximum absolute atomic E-state index is 9.54. The van der Waals surface area contributed by atoms with E-state index in [9.17, 15) is 5.11 Å². The highest BCUT2D eigenvalue weighted by Gasteiger charge is 2.16. The Morgan fingerprint density at radius 3 is 1.92 bits per heavy atom. The summed E-state index contributed by atoms with van der Waals surface area (Å²) in [6.07, 6.45) is 0.302. The maximum atomic E-state index is 9.54. The monoisotopic (exact) mass is 170 g/mol. The first-order chi connectivity index (χ1) is 5.27. The minimum atomic E-state index is -1.05. The average Bonchev–Trinajstić information content (AvgIpc) is 1.83. The highest BCUT2D eigenvalue weighted by Crippen LogP contribution is 2.13. The standard InChI is InChI=1S/C10H18O2/c1-9(2,3)5-6-10(4,12)7-8-11/h11-12H,7-8H2,1-4H3. The molecule has 0 fully saturated rings. The van der Waals surface area contributed by atoms with Gasteiger partial charge in [-0.2, -0.15) is 0 Å². The van der Waals surface area contributed by atoms with Gasteiger partial charge in [0, 0.05) is 18.4 Å². The fourth-order valence-corrected chi connectivity index (χ4v) is 0.602. The van der Waals surface area contributed by atoms with Gasteiger partial charge < -0.3 is 10.2 Å². The largest absolute Gasteiger partial charge is 0.396 e.